The number of hydrogen-bond acceptors (Lipinski definition) is 3. The highest BCUT2D eigenvalue weighted by atomic mass is 32.2. The highest BCUT2D eigenvalue weighted by Gasteiger charge is 2.29. The van der Waals surface area contributed by atoms with Gasteiger partial charge in [0.1, 0.15) is 10.7 Å². The van der Waals surface area contributed by atoms with Crippen molar-refractivity contribution < 1.29 is 12.8 Å². The van der Waals surface area contributed by atoms with E-state index in [2.05, 4.69) is 11.6 Å². The molecule has 1 aromatic carbocycles. The van der Waals surface area contributed by atoms with Crippen molar-refractivity contribution in [3.63, 3.8) is 0 Å². The van der Waals surface area contributed by atoms with Gasteiger partial charge in [-0.15, -0.1) is 0 Å². The van der Waals surface area contributed by atoms with Crippen molar-refractivity contribution in [1.29, 1.82) is 0 Å². The lowest BCUT2D eigenvalue weighted by molar-refractivity contribution is 0.282. The van der Waals surface area contributed by atoms with Gasteiger partial charge in [0, 0.05) is 6.04 Å². The summed E-state index contributed by atoms with van der Waals surface area (Å²) >= 11 is 0. The van der Waals surface area contributed by atoms with Crippen LogP contribution in [0, 0.1) is 11.7 Å². The zero-order valence-electron chi connectivity index (χ0n) is 11.6. The molecule has 1 saturated carbocycles. The molecule has 1 aliphatic rings. The molecule has 0 spiro atoms. The average Bonchev–Trinajstić information content (AvgIpc) is 2.41. The molecule has 0 bridgehead atoms. The Hall–Kier alpha value is -1.14. The van der Waals surface area contributed by atoms with Crippen molar-refractivity contribution in [3.05, 3.63) is 24.0 Å². The first-order valence-corrected chi connectivity index (χ1v) is 8.49. The van der Waals surface area contributed by atoms with E-state index in [0.29, 0.717) is 5.92 Å². The van der Waals surface area contributed by atoms with E-state index < -0.39 is 15.8 Å². The molecule has 20 heavy (non-hydrogen) atoms. The third-order valence-corrected chi connectivity index (χ3v) is 5.55. The second-order valence-corrected chi connectivity index (χ2v) is 7.05. The Morgan fingerprint density at radius 2 is 2.05 bits per heavy atom. The van der Waals surface area contributed by atoms with Gasteiger partial charge in [-0.05, 0) is 37.0 Å². The molecule has 2 rings (SSSR count). The average molecular weight is 300 g/mol. The molecule has 1 fully saturated rings. The maximum absolute atomic E-state index is 13.3. The highest BCUT2D eigenvalue weighted by Crippen LogP contribution is 2.29. The predicted molar refractivity (Wildman–Crippen MR) is 77.2 cm³/mol. The van der Waals surface area contributed by atoms with Gasteiger partial charge in [0.15, 0.2) is 0 Å². The SMILES string of the molecule is CCC1CCCCC1NS(=O)(=O)c1cc(F)ccc1N. The summed E-state index contributed by atoms with van der Waals surface area (Å²) in [7, 11) is -3.77. The third-order valence-electron chi connectivity index (χ3n) is 4.01. The number of benzene rings is 1. The number of nitrogens with one attached hydrogen (secondary N) is 1. The predicted octanol–water partition coefficient (Wildman–Crippen LogP) is 2.66. The van der Waals surface area contributed by atoms with Gasteiger partial charge in [-0.2, -0.15) is 0 Å². The molecule has 112 valence electrons. The van der Waals surface area contributed by atoms with Crippen LogP contribution < -0.4 is 10.5 Å². The highest BCUT2D eigenvalue weighted by molar-refractivity contribution is 7.89. The van der Waals surface area contributed by atoms with Gasteiger partial charge in [-0.25, -0.2) is 17.5 Å². The van der Waals surface area contributed by atoms with Crippen LogP contribution in [0.5, 0.6) is 0 Å². The number of nitrogen functional groups attached to an aromatic ring is 1. The van der Waals surface area contributed by atoms with Crippen molar-refractivity contribution >= 4 is 15.7 Å². The number of anilines is 1. The van der Waals surface area contributed by atoms with Gasteiger partial charge in [0.2, 0.25) is 10.0 Å². The Morgan fingerprint density at radius 3 is 2.75 bits per heavy atom. The van der Waals surface area contributed by atoms with Crippen LogP contribution in [0.3, 0.4) is 0 Å². The first kappa shape index (κ1) is 15.3. The fourth-order valence-corrected chi connectivity index (χ4v) is 4.34. The molecule has 4 nitrogen and oxygen atoms in total. The van der Waals surface area contributed by atoms with Gasteiger partial charge in [0.25, 0.3) is 0 Å². The van der Waals surface area contributed by atoms with E-state index in [9.17, 15) is 12.8 Å². The number of sulfonamides is 1. The van der Waals surface area contributed by atoms with E-state index in [1.165, 1.54) is 6.07 Å². The lowest BCUT2D eigenvalue weighted by Gasteiger charge is -2.31. The van der Waals surface area contributed by atoms with E-state index >= 15 is 0 Å². The van der Waals surface area contributed by atoms with Crippen LogP contribution >= 0.6 is 0 Å². The van der Waals surface area contributed by atoms with Crippen LogP contribution in [-0.4, -0.2) is 14.5 Å². The minimum atomic E-state index is -3.77. The van der Waals surface area contributed by atoms with Crippen molar-refractivity contribution in [2.45, 2.75) is 50.0 Å². The second kappa shape index (κ2) is 6.10. The Kier molecular flexibility index (Phi) is 4.65. The van der Waals surface area contributed by atoms with Crippen LogP contribution in [-0.2, 0) is 10.0 Å². The molecule has 1 aliphatic carbocycles. The maximum atomic E-state index is 13.3. The van der Waals surface area contributed by atoms with E-state index in [-0.39, 0.29) is 16.6 Å². The van der Waals surface area contributed by atoms with Crippen molar-refractivity contribution in [2.75, 3.05) is 5.73 Å². The number of nitrogens with two attached hydrogens (primary N) is 1. The van der Waals surface area contributed by atoms with Crippen LogP contribution in [0.15, 0.2) is 23.1 Å². The van der Waals surface area contributed by atoms with E-state index in [1.54, 1.807) is 0 Å². The minimum Gasteiger partial charge on any atom is -0.398 e. The van der Waals surface area contributed by atoms with Crippen molar-refractivity contribution in [3.8, 4) is 0 Å². The van der Waals surface area contributed by atoms with E-state index in [0.717, 1.165) is 44.2 Å². The van der Waals surface area contributed by atoms with Crippen LogP contribution in [0.4, 0.5) is 10.1 Å². The summed E-state index contributed by atoms with van der Waals surface area (Å²) in [5.74, 6) is -0.261. The molecule has 2 unspecified atom stereocenters. The van der Waals surface area contributed by atoms with Gasteiger partial charge >= 0.3 is 0 Å². The number of hydrogen-bond donors (Lipinski definition) is 2. The summed E-state index contributed by atoms with van der Waals surface area (Å²) in [4.78, 5) is -0.169. The zero-order valence-corrected chi connectivity index (χ0v) is 12.4. The van der Waals surface area contributed by atoms with Gasteiger partial charge in [-0.1, -0.05) is 26.2 Å². The van der Waals surface area contributed by atoms with Gasteiger partial charge < -0.3 is 5.73 Å². The third kappa shape index (κ3) is 3.30. The number of halogens is 1. The topological polar surface area (TPSA) is 72.2 Å². The quantitative estimate of drug-likeness (QED) is 0.840. The summed E-state index contributed by atoms with van der Waals surface area (Å²) in [6, 6.07) is 3.33. The molecule has 0 aromatic heterocycles. The van der Waals surface area contributed by atoms with Gasteiger partial charge in [0.05, 0.1) is 5.69 Å². The standard InChI is InChI=1S/C14H21FN2O2S/c1-2-10-5-3-4-6-13(10)17-20(18,19)14-9-11(15)7-8-12(14)16/h7-10,13,17H,2-6,16H2,1H3. The van der Waals surface area contributed by atoms with E-state index in [1.807, 2.05) is 0 Å². The minimum absolute atomic E-state index is 0.0720. The fourth-order valence-electron chi connectivity index (χ4n) is 2.86. The Balaban J connectivity index is 2.24. The lowest BCUT2D eigenvalue weighted by atomic mass is 9.83. The molecule has 0 saturated heterocycles. The normalized spacial score (nSPS) is 23.7. The van der Waals surface area contributed by atoms with Crippen LogP contribution in [0.25, 0.3) is 0 Å². The molecule has 0 radical (unpaired) electrons. The lowest BCUT2D eigenvalue weighted by Crippen LogP contribution is -2.42. The second-order valence-electron chi connectivity index (χ2n) is 5.36. The monoisotopic (exact) mass is 300 g/mol. The summed E-state index contributed by atoms with van der Waals surface area (Å²) < 4.78 is 40.7. The van der Waals surface area contributed by atoms with Gasteiger partial charge in [-0.3, -0.25) is 0 Å². The smallest absolute Gasteiger partial charge is 0.242 e. The molecule has 0 aliphatic heterocycles. The molecular formula is C14H21FN2O2S. The maximum Gasteiger partial charge on any atom is 0.242 e. The summed E-state index contributed by atoms with van der Waals surface area (Å²) in [6.07, 6.45) is 4.95. The Bertz CT molecular complexity index is 575. The zero-order chi connectivity index (χ0) is 14.8. The largest absolute Gasteiger partial charge is 0.398 e. The fraction of sp³-hybridized carbons (Fsp3) is 0.571. The number of rotatable bonds is 4. The Labute approximate surface area is 119 Å². The first-order valence-electron chi connectivity index (χ1n) is 7.01. The molecule has 0 amide bonds. The van der Waals surface area contributed by atoms with Crippen LogP contribution in [0.1, 0.15) is 39.0 Å². The Morgan fingerprint density at radius 1 is 1.35 bits per heavy atom. The summed E-state index contributed by atoms with van der Waals surface area (Å²) in [5, 5.41) is 0. The van der Waals surface area contributed by atoms with Crippen molar-refractivity contribution in [1.82, 2.24) is 4.72 Å². The summed E-state index contributed by atoms with van der Waals surface area (Å²) in [6.45, 7) is 2.06. The molecule has 3 N–H and O–H groups in total. The molecular weight excluding hydrogens is 279 g/mol. The molecule has 6 heteroatoms. The molecule has 0 heterocycles. The van der Waals surface area contributed by atoms with Crippen molar-refractivity contribution in [2.24, 2.45) is 5.92 Å². The molecule has 2 atom stereocenters. The van der Waals surface area contributed by atoms with E-state index in [4.69, 9.17) is 5.73 Å². The summed E-state index contributed by atoms with van der Waals surface area (Å²) in [5.41, 5.74) is 5.73. The first-order chi connectivity index (χ1) is 9.44. The molecule has 1 aromatic rings. The van der Waals surface area contributed by atoms with Crippen LogP contribution in [0.2, 0.25) is 0 Å².